The number of rotatable bonds is 4. The lowest BCUT2D eigenvalue weighted by Crippen LogP contribution is -2.19. The molecule has 10 heteroatoms. The van der Waals surface area contributed by atoms with Crippen molar-refractivity contribution in [2.24, 2.45) is 0 Å². The van der Waals surface area contributed by atoms with Crippen molar-refractivity contribution in [3.05, 3.63) is 20.9 Å². The van der Waals surface area contributed by atoms with Gasteiger partial charge in [-0.3, -0.25) is 4.79 Å². The molecule has 1 aromatic rings. The molecule has 0 aliphatic carbocycles. The van der Waals surface area contributed by atoms with Gasteiger partial charge in [0.25, 0.3) is 6.43 Å². The molecule has 0 saturated heterocycles. The van der Waals surface area contributed by atoms with Gasteiger partial charge in [-0.15, -0.1) is 13.2 Å². The van der Waals surface area contributed by atoms with Gasteiger partial charge in [-0.1, -0.05) is 0 Å². The minimum absolute atomic E-state index is 0.328. The molecule has 0 N–H and O–H groups in total. The van der Waals surface area contributed by atoms with Gasteiger partial charge in [0.2, 0.25) is 5.88 Å². The normalized spacial score (nSPS) is 11.6. The lowest BCUT2D eigenvalue weighted by Gasteiger charge is -2.13. The summed E-state index contributed by atoms with van der Waals surface area (Å²) < 4.78 is 69.5. The highest BCUT2D eigenvalue weighted by Gasteiger charge is 2.33. The molecule has 4 nitrogen and oxygen atoms in total. The van der Waals surface area contributed by atoms with E-state index in [9.17, 15) is 26.7 Å². The summed E-state index contributed by atoms with van der Waals surface area (Å²) in [6, 6.07) is 0.647. The van der Waals surface area contributed by atoms with E-state index in [1.165, 1.54) is 22.6 Å². The molecule has 0 aliphatic rings. The molecule has 20 heavy (non-hydrogen) atoms. The molecular formula is C10H7F5INO3. The first-order valence-corrected chi connectivity index (χ1v) is 6.02. The monoisotopic (exact) mass is 411 g/mol. The molecule has 0 saturated carbocycles. The second kappa shape index (κ2) is 6.50. The van der Waals surface area contributed by atoms with Crippen molar-refractivity contribution in [1.29, 1.82) is 0 Å². The average Bonchev–Trinajstić information content (AvgIpc) is 2.24. The summed E-state index contributed by atoms with van der Waals surface area (Å²) in [6.45, 7) is 0. The number of aromatic nitrogens is 1. The van der Waals surface area contributed by atoms with E-state index in [0.717, 1.165) is 7.11 Å². The van der Waals surface area contributed by atoms with Gasteiger partial charge >= 0.3 is 12.3 Å². The van der Waals surface area contributed by atoms with Crippen molar-refractivity contribution in [3.8, 4) is 5.88 Å². The van der Waals surface area contributed by atoms with Gasteiger partial charge in [0, 0.05) is 6.07 Å². The zero-order valence-electron chi connectivity index (χ0n) is 9.80. The molecule has 0 radical (unpaired) electrons. The van der Waals surface area contributed by atoms with Gasteiger partial charge in [-0.2, -0.15) is 0 Å². The Morgan fingerprint density at radius 3 is 2.50 bits per heavy atom. The summed E-state index contributed by atoms with van der Waals surface area (Å²) in [5.74, 6) is -1.78. The summed E-state index contributed by atoms with van der Waals surface area (Å²) in [4.78, 5) is 14.4. The number of methoxy groups -OCH3 is 1. The molecule has 0 atom stereocenters. The summed E-state index contributed by atoms with van der Waals surface area (Å²) >= 11 is 1.35. The Labute approximate surface area is 123 Å². The van der Waals surface area contributed by atoms with Crippen LogP contribution in [0.4, 0.5) is 22.0 Å². The van der Waals surface area contributed by atoms with Crippen LogP contribution < -0.4 is 4.74 Å². The highest BCUT2D eigenvalue weighted by molar-refractivity contribution is 14.1. The van der Waals surface area contributed by atoms with Crippen LogP contribution >= 0.6 is 22.6 Å². The van der Waals surface area contributed by atoms with Crippen molar-refractivity contribution >= 4 is 28.6 Å². The van der Waals surface area contributed by atoms with Crippen LogP contribution in [0.2, 0.25) is 0 Å². The number of pyridine rings is 1. The van der Waals surface area contributed by atoms with E-state index < -0.39 is 36.6 Å². The Kier molecular flexibility index (Phi) is 5.48. The van der Waals surface area contributed by atoms with Crippen LogP contribution in [0.5, 0.6) is 5.88 Å². The Balaban J connectivity index is 3.24. The molecule has 0 amide bonds. The summed E-state index contributed by atoms with van der Waals surface area (Å²) in [6.07, 6.45) is -8.61. The Hall–Kier alpha value is -1.20. The van der Waals surface area contributed by atoms with Gasteiger partial charge in [0.15, 0.2) is 0 Å². The molecule has 0 bridgehead atoms. The fourth-order valence-electron chi connectivity index (χ4n) is 1.32. The first kappa shape index (κ1) is 16.9. The van der Waals surface area contributed by atoms with Crippen LogP contribution in [0.1, 0.15) is 17.6 Å². The summed E-state index contributed by atoms with van der Waals surface area (Å²) in [5, 5.41) is 0. The fraction of sp³-hybridized carbons (Fsp3) is 0.400. The predicted molar refractivity (Wildman–Crippen MR) is 64.3 cm³/mol. The maximum absolute atomic E-state index is 12.9. The Bertz CT molecular complexity index is 506. The molecule has 0 aliphatic heterocycles. The molecule has 0 fully saturated rings. The van der Waals surface area contributed by atoms with Gasteiger partial charge in [0.05, 0.1) is 19.1 Å². The smallest absolute Gasteiger partial charge is 0.469 e. The van der Waals surface area contributed by atoms with E-state index in [2.05, 4.69) is 14.5 Å². The second-order valence-electron chi connectivity index (χ2n) is 3.43. The molecule has 0 spiro atoms. The van der Waals surface area contributed by atoms with E-state index in [0.29, 0.717) is 6.07 Å². The number of esters is 1. The minimum atomic E-state index is -5.01. The van der Waals surface area contributed by atoms with Crippen molar-refractivity contribution in [2.45, 2.75) is 19.2 Å². The third-order valence-electron chi connectivity index (χ3n) is 2.08. The van der Waals surface area contributed by atoms with E-state index in [-0.39, 0.29) is 9.26 Å². The third kappa shape index (κ3) is 4.72. The highest BCUT2D eigenvalue weighted by atomic mass is 127. The van der Waals surface area contributed by atoms with Crippen molar-refractivity contribution < 1.29 is 36.2 Å². The quantitative estimate of drug-likeness (QED) is 0.331. The van der Waals surface area contributed by atoms with E-state index >= 15 is 0 Å². The molecule has 112 valence electrons. The summed E-state index contributed by atoms with van der Waals surface area (Å²) in [7, 11) is 1.03. The molecule has 1 aromatic heterocycles. The van der Waals surface area contributed by atoms with Crippen LogP contribution in [-0.4, -0.2) is 24.4 Å². The SMILES string of the molecule is COC(=O)Cc1cc(OC(F)(F)F)nc(I)c1C(F)F. The van der Waals surface area contributed by atoms with Gasteiger partial charge in [-0.05, 0) is 28.2 Å². The zero-order chi connectivity index (χ0) is 15.5. The van der Waals surface area contributed by atoms with E-state index in [1.807, 2.05) is 0 Å². The number of carbonyl (C=O) groups excluding carboxylic acids is 1. The number of hydrogen-bond acceptors (Lipinski definition) is 4. The first-order valence-electron chi connectivity index (χ1n) is 4.94. The number of nitrogens with zero attached hydrogens (tertiary/aromatic N) is 1. The van der Waals surface area contributed by atoms with Crippen LogP contribution in [0.25, 0.3) is 0 Å². The van der Waals surface area contributed by atoms with E-state index in [4.69, 9.17) is 0 Å². The second-order valence-corrected chi connectivity index (χ2v) is 4.45. The fourth-order valence-corrected chi connectivity index (χ4v) is 2.14. The van der Waals surface area contributed by atoms with E-state index in [1.54, 1.807) is 0 Å². The zero-order valence-corrected chi connectivity index (χ0v) is 12.0. The molecular weight excluding hydrogens is 404 g/mol. The predicted octanol–water partition coefficient (Wildman–Crippen LogP) is 3.24. The minimum Gasteiger partial charge on any atom is -0.469 e. The molecule has 1 heterocycles. The van der Waals surface area contributed by atoms with Crippen LogP contribution in [0.15, 0.2) is 6.07 Å². The summed E-state index contributed by atoms with van der Waals surface area (Å²) in [5.41, 5.74) is -0.948. The molecule has 0 unspecified atom stereocenters. The van der Waals surface area contributed by atoms with Gasteiger partial charge in [0.1, 0.15) is 3.70 Å². The molecule has 1 rings (SSSR count). The number of carbonyl (C=O) groups is 1. The van der Waals surface area contributed by atoms with Crippen LogP contribution in [0, 0.1) is 3.70 Å². The van der Waals surface area contributed by atoms with Crippen LogP contribution in [0.3, 0.4) is 0 Å². The highest BCUT2D eigenvalue weighted by Crippen LogP contribution is 2.31. The first-order chi connectivity index (χ1) is 9.14. The molecule has 0 aromatic carbocycles. The van der Waals surface area contributed by atoms with Gasteiger partial charge < -0.3 is 9.47 Å². The van der Waals surface area contributed by atoms with Gasteiger partial charge in [-0.25, -0.2) is 13.8 Å². The number of alkyl halides is 5. The number of ether oxygens (including phenoxy) is 2. The Morgan fingerprint density at radius 2 is 2.05 bits per heavy atom. The maximum Gasteiger partial charge on any atom is 0.574 e. The van der Waals surface area contributed by atoms with Crippen LogP contribution in [-0.2, 0) is 16.0 Å². The lowest BCUT2D eigenvalue weighted by molar-refractivity contribution is -0.276. The largest absolute Gasteiger partial charge is 0.574 e. The lowest BCUT2D eigenvalue weighted by atomic mass is 10.1. The number of hydrogen-bond donors (Lipinski definition) is 0. The number of halogens is 6. The maximum atomic E-state index is 12.9. The average molecular weight is 411 g/mol. The third-order valence-corrected chi connectivity index (χ3v) is 2.90. The van der Waals surface area contributed by atoms with Crippen molar-refractivity contribution in [2.75, 3.05) is 7.11 Å². The van der Waals surface area contributed by atoms with Crippen molar-refractivity contribution in [1.82, 2.24) is 4.98 Å². The standard InChI is InChI=1S/C10H7F5INO3/c1-19-6(18)3-4-2-5(20-10(13,14)15)17-9(16)7(4)8(11)12/h2,8H,3H2,1H3. The Morgan fingerprint density at radius 1 is 1.45 bits per heavy atom. The van der Waals surface area contributed by atoms with Crippen molar-refractivity contribution in [3.63, 3.8) is 0 Å². The topological polar surface area (TPSA) is 48.4 Å².